The van der Waals surface area contributed by atoms with Crippen molar-refractivity contribution in [3.8, 4) is 5.75 Å². The molecule has 3 heterocycles. The average Bonchev–Trinajstić information content (AvgIpc) is 3.59. The molecule has 0 spiro atoms. The number of rotatable bonds is 7. The van der Waals surface area contributed by atoms with Gasteiger partial charge in [0.15, 0.2) is 0 Å². The minimum Gasteiger partial charge on any atom is -0.497 e. The molecule has 2 unspecified atom stereocenters. The van der Waals surface area contributed by atoms with E-state index in [0.29, 0.717) is 0 Å². The van der Waals surface area contributed by atoms with E-state index in [4.69, 9.17) is 9.72 Å². The number of imidazole rings is 1. The van der Waals surface area contributed by atoms with E-state index in [2.05, 4.69) is 68.8 Å². The van der Waals surface area contributed by atoms with Gasteiger partial charge >= 0.3 is 0 Å². The predicted molar refractivity (Wildman–Crippen MR) is 148 cm³/mol. The van der Waals surface area contributed by atoms with Crippen LogP contribution in [0.3, 0.4) is 0 Å². The topological polar surface area (TPSA) is 74.7 Å². The van der Waals surface area contributed by atoms with Crippen LogP contribution in [0.25, 0.3) is 11.0 Å². The molecule has 0 bridgehead atoms. The molecule has 0 aliphatic carbocycles. The Balaban J connectivity index is 1.08. The highest BCUT2D eigenvalue weighted by Crippen LogP contribution is 2.26. The van der Waals surface area contributed by atoms with Crippen LogP contribution in [0.5, 0.6) is 5.75 Å². The quantitative estimate of drug-likeness (QED) is 0.397. The summed E-state index contributed by atoms with van der Waals surface area (Å²) >= 11 is 0. The van der Waals surface area contributed by atoms with Crippen LogP contribution in [0.4, 0.5) is 0 Å². The molecular weight excluding hydrogens is 476 g/mol. The summed E-state index contributed by atoms with van der Waals surface area (Å²) in [7, 11) is 1.67. The molecule has 2 fully saturated rings. The number of benzene rings is 3. The standard InChI is InChI=1S/C30H34N6O2/c1-38-24-11-7-10-23(18-24)26-19-27(33-32-26)30(37)35-16-14-34(15-17-35)21-29-31-25-12-5-6-13-28(25)36(29)20-22-8-3-2-4-9-22/h2-13,18,26-27,32-33H,14-17,19-21H2,1H3. The maximum Gasteiger partial charge on any atom is 0.241 e. The fourth-order valence-corrected chi connectivity index (χ4v) is 5.53. The number of hydrogen-bond donors (Lipinski definition) is 2. The Morgan fingerprint density at radius 1 is 0.921 bits per heavy atom. The number of hydrogen-bond acceptors (Lipinski definition) is 6. The van der Waals surface area contributed by atoms with Gasteiger partial charge in [0.2, 0.25) is 5.91 Å². The normalized spacial score (nSPS) is 20.2. The number of carbonyl (C=O) groups excluding carboxylic acids is 1. The lowest BCUT2D eigenvalue weighted by molar-refractivity contribution is -0.135. The summed E-state index contributed by atoms with van der Waals surface area (Å²) in [6.45, 7) is 4.67. The monoisotopic (exact) mass is 510 g/mol. The molecule has 2 aliphatic heterocycles. The van der Waals surface area contributed by atoms with E-state index in [9.17, 15) is 4.79 Å². The summed E-state index contributed by atoms with van der Waals surface area (Å²) in [5.74, 6) is 2.06. The summed E-state index contributed by atoms with van der Waals surface area (Å²) in [4.78, 5) is 22.7. The summed E-state index contributed by atoms with van der Waals surface area (Å²) in [6, 6.07) is 26.7. The van der Waals surface area contributed by atoms with E-state index in [1.165, 1.54) is 5.56 Å². The third-order valence-electron chi connectivity index (χ3n) is 7.66. The lowest BCUT2D eigenvalue weighted by Gasteiger charge is -2.35. The number of piperazine rings is 1. The molecule has 6 rings (SSSR count). The molecule has 4 aromatic rings. The van der Waals surface area contributed by atoms with Gasteiger partial charge in [-0.3, -0.25) is 9.69 Å². The Bertz CT molecular complexity index is 1400. The Morgan fingerprint density at radius 2 is 1.71 bits per heavy atom. The SMILES string of the molecule is COc1cccc(C2CC(C(=O)N3CCN(Cc4nc5ccccc5n4Cc4ccccc4)CC3)NN2)c1. The van der Waals surface area contributed by atoms with Gasteiger partial charge in [0.05, 0.1) is 24.7 Å². The van der Waals surface area contributed by atoms with Gasteiger partial charge in [0.1, 0.15) is 17.6 Å². The first kappa shape index (κ1) is 24.6. The lowest BCUT2D eigenvalue weighted by atomic mass is 10.0. The number of aromatic nitrogens is 2. The highest BCUT2D eigenvalue weighted by molar-refractivity contribution is 5.82. The molecule has 2 atom stereocenters. The summed E-state index contributed by atoms with van der Waals surface area (Å²) < 4.78 is 7.68. The van der Waals surface area contributed by atoms with Crippen LogP contribution in [0, 0.1) is 0 Å². The van der Waals surface area contributed by atoms with E-state index < -0.39 is 0 Å². The zero-order valence-corrected chi connectivity index (χ0v) is 21.7. The van der Waals surface area contributed by atoms with Gasteiger partial charge in [-0.25, -0.2) is 15.8 Å². The van der Waals surface area contributed by atoms with Crippen molar-refractivity contribution in [1.82, 2.24) is 30.2 Å². The third kappa shape index (κ3) is 5.15. The first-order chi connectivity index (χ1) is 18.7. The minimum atomic E-state index is -0.229. The second-order valence-corrected chi connectivity index (χ2v) is 10.1. The van der Waals surface area contributed by atoms with E-state index in [1.807, 2.05) is 35.2 Å². The molecule has 1 amide bonds. The molecule has 196 valence electrons. The highest BCUT2D eigenvalue weighted by Gasteiger charge is 2.34. The fourth-order valence-electron chi connectivity index (χ4n) is 5.53. The molecule has 1 aromatic heterocycles. The molecule has 3 aromatic carbocycles. The number of nitrogens with zero attached hydrogens (tertiary/aromatic N) is 4. The predicted octanol–water partition coefficient (Wildman–Crippen LogP) is 3.35. The third-order valence-corrected chi connectivity index (χ3v) is 7.66. The summed E-state index contributed by atoms with van der Waals surface area (Å²) in [6.07, 6.45) is 0.718. The van der Waals surface area contributed by atoms with Gasteiger partial charge in [-0.1, -0.05) is 54.6 Å². The maximum atomic E-state index is 13.3. The largest absolute Gasteiger partial charge is 0.497 e. The van der Waals surface area contributed by atoms with Crippen LogP contribution in [0.15, 0.2) is 78.9 Å². The van der Waals surface area contributed by atoms with E-state index >= 15 is 0 Å². The van der Waals surface area contributed by atoms with Crippen molar-refractivity contribution in [2.45, 2.75) is 31.6 Å². The maximum absolute atomic E-state index is 13.3. The van der Waals surface area contributed by atoms with Crippen molar-refractivity contribution in [1.29, 1.82) is 0 Å². The molecule has 8 nitrogen and oxygen atoms in total. The van der Waals surface area contributed by atoms with Gasteiger partial charge in [-0.2, -0.15) is 0 Å². The summed E-state index contributed by atoms with van der Waals surface area (Å²) in [5, 5.41) is 0. The average molecular weight is 511 g/mol. The van der Waals surface area contributed by atoms with E-state index in [1.54, 1.807) is 7.11 Å². The van der Waals surface area contributed by atoms with E-state index in [0.717, 1.165) is 73.9 Å². The molecule has 0 saturated carbocycles. The Morgan fingerprint density at radius 3 is 2.53 bits per heavy atom. The number of ether oxygens (including phenoxy) is 1. The van der Waals surface area contributed by atoms with Crippen molar-refractivity contribution >= 4 is 16.9 Å². The van der Waals surface area contributed by atoms with Gasteiger partial charge < -0.3 is 14.2 Å². The number of amides is 1. The van der Waals surface area contributed by atoms with Crippen molar-refractivity contribution < 1.29 is 9.53 Å². The first-order valence-corrected chi connectivity index (χ1v) is 13.3. The smallest absolute Gasteiger partial charge is 0.241 e. The van der Waals surface area contributed by atoms with Gasteiger partial charge in [-0.15, -0.1) is 0 Å². The van der Waals surface area contributed by atoms with Gasteiger partial charge in [0.25, 0.3) is 0 Å². The molecule has 0 radical (unpaired) electrons. The Labute approximate surface area is 223 Å². The zero-order valence-electron chi connectivity index (χ0n) is 21.7. The van der Waals surface area contributed by atoms with Crippen LogP contribution in [0.1, 0.15) is 29.4 Å². The Hall–Kier alpha value is -3.72. The van der Waals surface area contributed by atoms with Crippen LogP contribution in [0.2, 0.25) is 0 Å². The van der Waals surface area contributed by atoms with Crippen LogP contribution in [-0.2, 0) is 17.9 Å². The van der Waals surface area contributed by atoms with Crippen LogP contribution < -0.4 is 15.6 Å². The first-order valence-electron chi connectivity index (χ1n) is 13.3. The number of methoxy groups -OCH3 is 1. The van der Waals surface area contributed by atoms with Crippen molar-refractivity contribution in [3.05, 3.63) is 95.8 Å². The van der Waals surface area contributed by atoms with Crippen molar-refractivity contribution in [2.24, 2.45) is 0 Å². The molecule has 38 heavy (non-hydrogen) atoms. The van der Waals surface area contributed by atoms with Gasteiger partial charge in [-0.05, 0) is 41.8 Å². The molecule has 2 N–H and O–H groups in total. The molecule has 2 aliphatic rings. The minimum absolute atomic E-state index is 0.0814. The van der Waals surface area contributed by atoms with Crippen LogP contribution in [-0.4, -0.2) is 64.6 Å². The zero-order chi connectivity index (χ0) is 25.9. The summed E-state index contributed by atoms with van der Waals surface area (Å²) in [5.41, 5.74) is 11.1. The second-order valence-electron chi connectivity index (χ2n) is 10.1. The number of para-hydroxylation sites is 2. The number of carbonyl (C=O) groups is 1. The fraction of sp³-hybridized carbons (Fsp3) is 0.333. The molecule has 2 saturated heterocycles. The van der Waals surface area contributed by atoms with Crippen molar-refractivity contribution in [2.75, 3.05) is 33.3 Å². The van der Waals surface area contributed by atoms with Crippen LogP contribution >= 0.6 is 0 Å². The van der Waals surface area contributed by atoms with E-state index in [-0.39, 0.29) is 18.0 Å². The van der Waals surface area contributed by atoms with Gasteiger partial charge in [0, 0.05) is 38.8 Å². The van der Waals surface area contributed by atoms with Crippen molar-refractivity contribution in [3.63, 3.8) is 0 Å². The number of hydrazine groups is 1. The number of nitrogens with one attached hydrogen (secondary N) is 2. The molecular formula is C30H34N6O2. The highest BCUT2D eigenvalue weighted by atomic mass is 16.5. The number of fused-ring (bicyclic) bond motifs is 1. The second kappa shape index (κ2) is 10.9. The molecule has 8 heteroatoms. The Kier molecular flexibility index (Phi) is 7.09. The lowest BCUT2D eigenvalue weighted by Crippen LogP contribution is -2.53.